The molecule has 0 aliphatic heterocycles. The Labute approximate surface area is 141 Å². The van der Waals surface area contributed by atoms with Gasteiger partial charge in [-0.05, 0) is 40.6 Å². The van der Waals surface area contributed by atoms with E-state index in [0.29, 0.717) is 12.1 Å². The minimum Gasteiger partial charge on any atom is -0.348 e. The Balaban J connectivity index is 1.75. The molecule has 1 N–H and O–H groups in total. The number of rotatable bonds is 4. The molecule has 24 heavy (non-hydrogen) atoms. The minimum absolute atomic E-state index is 0.140. The maximum Gasteiger partial charge on any atom is 0.251 e. The summed E-state index contributed by atoms with van der Waals surface area (Å²) in [6.45, 7) is 0.382. The van der Waals surface area contributed by atoms with Crippen LogP contribution in [0.4, 0.5) is 0 Å². The lowest BCUT2D eigenvalue weighted by molar-refractivity contribution is 0.0950. The van der Waals surface area contributed by atoms with Crippen LogP contribution in [-0.4, -0.2) is 20.6 Å². The smallest absolute Gasteiger partial charge is 0.251 e. The van der Waals surface area contributed by atoms with E-state index in [1.807, 2.05) is 42.5 Å². The van der Waals surface area contributed by atoms with Crippen LogP contribution in [0.15, 0.2) is 71.6 Å². The third-order valence-electron chi connectivity index (χ3n) is 3.79. The predicted molar refractivity (Wildman–Crippen MR) is 94.7 cm³/mol. The van der Waals surface area contributed by atoms with Crippen LogP contribution in [0.2, 0.25) is 0 Å². The summed E-state index contributed by atoms with van der Waals surface area (Å²) in [4.78, 5) is 12.4. The Kier molecular flexibility index (Phi) is 4.36. The molecule has 1 amide bonds. The molecule has 3 aromatic rings. The van der Waals surface area contributed by atoms with Crippen LogP contribution in [0.25, 0.3) is 10.8 Å². The summed E-state index contributed by atoms with van der Waals surface area (Å²) in [7, 11) is -3.33. The van der Waals surface area contributed by atoms with E-state index in [1.165, 1.54) is 12.1 Å². The highest BCUT2D eigenvalue weighted by Gasteiger charge is 2.11. The van der Waals surface area contributed by atoms with Gasteiger partial charge in [0.1, 0.15) is 0 Å². The van der Waals surface area contributed by atoms with E-state index in [2.05, 4.69) is 5.32 Å². The Morgan fingerprint density at radius 1 is 0.917 bits per heavy atom. The highest BCUT2D eigenvalue weighted by Crippen LogP contribution is 2.16. The van der Waals surface area contributed by atoms with Gasteiger partial charge in [0.2, 0.25) is 0 Å². The number of carbonyl (C=O) groups is 1. The second-order valence-electron chi connectivity index (χ2n) is 5.66. The molecule has 0 heterocycles. The summed E-state index contributed by atoms with van der Waals surface area (Å²) >= 11 is 0. The SMILES string of the molecule is CS(=O)(=O)c1cccc(C(=O)NCc2ccc3ccccc3c2)c1. The molecular weight excluding hydrogens is 322 g/mol. The lowest BCUT2D eigenvalue weighted by atomic mass is 10.1. The van der Waals surface area contributed by atoms with E-state index in [4.69, 9.17) is 0 Å². The van der Waals surface area contributed by atoms with Gasteiger partial charge in [0.05, 0.1) is 4.90 Å². The summed E-state index contributed by atoms with van der Waals surface area (Å²) in [6, 6.07) is 20.1. The molecule has 3 rings (SSSR count). The molecule has 3 aromatic carbocycles. The van der Waals surface area contributed by atoms with Crippen molar-refractivity contribution < 1.29 is 13.2 Å². The van der Waals surface area contributed by atoms with Gasteiger partial charge in [-0.15, -0.1) is 0 Å². The van der Waals surface area contributed by atoms with E-state index in [9.17, 15) is 13.2 Å². The summed E-state index contributed by atoms with van der Waals surface area (Å²) in [5.41, 5.74) is 1.32. The Morgan fingerprint density at radius 2 is 1.67 bits per heavy atom. The zero-order valence-corrected chi connectivity index (χ0v) is 14.0. The van der Waals surface area contributed by atoms with Gasteiger partial charge >= 0.3 is 0 Å². The summed E-state index contributed by atoms with van der Waals surface area (Å²) < 4.78 is 23.2. The fraction of sp³-hybridized carbons (Fsp3) is 0.105. The van der Waals surface area contributed by atoms with Crippen molar-refractivity contribution in [2.45, 2.75) is 11.4 Å². The largest absolute Gasteiger partial charge is 0.348 e. The Morgan fingerprint density at radius 3 is 2.42 bits per heavy atom. The van der Waals surface area contributed by atoms with Gasteiger partial charge in [-0.3, -0.25) is 4.79 Å². The second kappa shape index (κ2) is 6.45. The first-order valence-electron chi connectivity index (χ1n) is 7.49. The molecule has 0 aliphatic carbocycles. The zero-order valence-electron chi connectivity index (χ0n) is 13.2. The van der Waals surface area contributed by atoms with Crippen LogP contribution < -0.4 is 5.32 Å². The van der Waals surface area contributed by atoms with Gasteiger partial charge in [0, 0.05) is 18.4 Å². The second-order valence-corrected chi connectivity index (χ2v) is 7.68. The Bertz CT molecular complexity index is 1010. The molecule has 0 aliphatic rings. The van der Waals surface area contributed by atoms with E-state index < -0.39 is 9.84 Å². The summed E-state index contributed by atoms with van der Waals surface area (Å²) in [6.07, 6.45) is 1.12. The standard InChI is InChI=1S/C19H17NO3S/c1-24(22,23)18-8-4-7-17(12-18)19(21)20-13-14-9-10-15-5-2-3-6-16(15)11-14/h2-12H,13H2,1H3,(H,20,21). The summed E-state index contributed by atoms with van der Waals surface area (Å²) in [5.74, 6) is -0.298. The van der Waals surface area contributed by atoms with Gasteiger partial charge in [-0.1, -0.05) is 42.5 Å². The maximum absolute atomic E-state index is 12.3. The van der Waals surface area contributed by atoms with Gasteiger partial charge in [-0.2, -0.15) is 0 Å². The molecule has 0 spiro atoms. The van der Waals surface area contributed by atoms with Crippen LogP contribution in [0.3, 0.4) is 0 Å². The first-order valence-corrected chi connectivity index (χ1v) is 9.39. The normalized spacial score (nSPS) is 11.4. The van der Waals surface area contributed by atoms with Gasteiger partial charge < -0.3 is 5.32 Å². The van der Waals surface area contributed by atoms with Crippen molar-refractivity contribution in [1.82, 2.24) is 5.32 Å². The number of hydrogen-bond acceptors (Lipinski definition) is 3. The minimum atomic E-state index is -3.33. The van der Waals surface area contributed by atoms with Crippen LogP contribution >= 0.6 is 0 Å². The third kappa shape index (κ3) is 3.63. The number of nitrogens with one attached hydrogen (secondary N) is 1. The fourth-order valence-electron chi connectivity index (χ4n) is 2.50. The molecule has 4 nitrogen and oxygen atoms in total. The van der Waals surface area contributed by atoms with Crippen molar-refractivity contribution in [2.75, 3.05) is 6.26 Å². The molecule has 122 valence electrons. The fourth-order valence-corrected chi connectivity index (χ4v) is 3.17. The van der Waals surface area contributed by atoms with Crippen molar-refractivity contribution in [3.8, 4) is 0 Å². The molecule has 0 atom stereocenters. The van der Waals surface area contributed by atoms with Crippen molar-refractivity contribution in [3.05, 3.63) is 77.9 Å². The first-order chi connectivity index (χ1) is 11.4. The van der Waals surface area contributed by atoms with Gasteiger partial charge in [0.15, 0.2) is 9.84 Å². The average Bonchev–Trinajstić information content (AvgIpc) is 2.59. The molecular formula is C19H17NO3S. The highest BCUT2D eigenvalue weighted by molar-refractivity contribution is 7.90. The first kappa shape index (κ1) is 16.2. The van der Waals surface area contributed by atoms with Gasteiger partial charge in [0.25, 0.3) is 5.91 Å². The predicted octanol–water partition coefficient (Wildman–Crippen LogP) is 3.17. The molecule has 5 heteroatoms. The lowest BCUT2D eigenvalue weighted by Crippen LogP contribution is -2.23. The van der Waals surface area contributed by atoms with E-state index in [1.54, 1.807) is 12.1 Å². The van der Waals surface area contributed by atoms with Crippen molar-refractivity contribution >= 4 is 26.5 Å². The zero-order chi connectivity index (χ0) is 17.2. The molecule has 0 fully saturated rings. The molecule has 0 saturated heterocycles. The van der Waals surface area contributed by atoms with Crippen LogP contribution in [0.5, 0.6) is 0 Å². The average molecular weight is 339 g/mol. The molecule has 0 bridgehead atoms. The summed E-state index contributed by atoms with van der Waals surface area (Å²) in [5, 5.41) is 5.09. The monoisotopic (exact) mass is 339 g/mol. The van der Waals surface area contributed by atoms with E-state index in [0.717, 1.165) is 22.6 Å². The number of benzene rings is 3. The highest BCUT2D eigenvalue weighted by atomic mass is 32.2. The number of fused-ring (bicyclic) bond motifs is 1. The van der Waals surface area contributed by atoms with Crippen molar-refractivity contribution in [2.24, 2.45) is 0 Å². The molecule has 0 aromatic heterocycles. The van der Waals surface area contributed by atoms with E-state index in [-0.39, 0.29) is 10.8 Å². The van der Waals surface area contributed by atoms with Crippen molar-refractivity contribution in [3.63, 3.8) is 0 Å². The topological polar surface area (TPSA) is 63.2 Å². The van der Waals surface area contributed by atoms with Gasteiger partial charge in [-0.25, -0.2) is 8.42 Å². The quantitative estimate of drug-likeness (QED) is 0.794. The third-order valence-corrected chi connectivity index (χ3v) is 4.90. The number of amides is 1. The van der Waals surface area contributed by atoms with Crippen molar-refractivity contribution in [1.29, 1.82) is 0 Å². The lowest BCUT2D eigenvalue weighted by Gasteiger charge is -2.08. The van der Waals surface area contributed by atoms with E-state index >= 15 is 0 Å². The van der Waals surface area contributed by atoms with Crippen LogP contribution in [0.1, 0.15) is 15.9 Å². The molecule has 0 saturated carbocycles. The number of hydrogen-bond donors (Lipinski definition) is 1. The van der Waals surface area contributed by atoms with Crippen LogP contribution in [0, 0.1) is 0 Å². The molecule has 0 unspecified atom stereocenters. The maximum atomic E-state index is 12.3. The number of sulfone groups is 1. The van der Waals surface area contributed by atoms with Crippen LogP contribution in [-0.2, 0) is 16.4 Å². The number of carbonyl (C=O) groups excluding carboxylic acids is 1. The Hall–Kier alpha value is -2.66. The molecule has 0 radical (unpaired) electrons.